The van der Waals surface area contributed by atoms with Gasteiger partial charge in [0.1, 0.15) is 5.75 Å². The number of para-hydroxylation sites is 2. The fourth-order valence-electron chi connectivity index (χ4n) is 5.39. The van der Waals surface area contributed by atoms with Gasteiger partial charge in [0.25, 0.3) is 15.9 Å². The minimum atomic E-state index is -3.95. The number of ether oxygens (including phenoxy) is 1. The summed E-state index contributed by atoms with van der Waals surface area (Å²) in [5, 5.41) is 4.21. The summed E-state index contributed by atoms with van der Waals surface area (Å²) in [5.41, 5.74) is 0.722. The van der Waals surface area contributed by atoms with Gasteiger partial charge < -0.3 is 15.0 Å². The molecule has 0 radical (unpaired) electrons. The van der Waals surface area contributed by atoms with E-state index in [4.69, 9.17) is 27.9 Å². The van der Waals surface area contributed by atoms with E-state index in [0.29, 0.717) is 52.2 Å². The molecular weight excluding hydrogens is 583 g/mol. The van der Waals surface area contributed by atoms with E-state index in [1.807, 2.05) is 4.90 Å². The Labute approximate surface area is 251 Å². The highest BCUT2D eigenvalue weighted by Crippen LogP contribution is 2.34. The number of hydrogen-bond acceptors (Lipinski definition) is 6. The Morgan fingerprint density at radius 3 is 2.41 bits per heavy atom. The molecule has 0 spiro atoms. The average Bonchev–Trinajstić information content (AvgIpc) is 3.00. The maximum Gasteiger partial charge on any atom is 0.262 e. The SMILES string of the molecule is CC(C1CCCNC1)N1CCN(C(=O)c2ccc(S(=O)(=O)Nc3ccccc3Oc3ccc(Cl)c(Cl)c3)cc2)CC1. The second-order valence-electron chi connectivity index (χ2n) is 10.5. The third-order valence-corrected chi connectivity index (χ3v) is 9.98. The van der Waals surface area contributed by atoms with Crippen LogP contribution in [0.25, 0.3) is 0 Å². The predicted molar refractivity (Wildman–Crippen MR) is 163 cm³/mol. The summed E-state index contributed by atoms with van der Waals surface area (Å²) in [5.74, 6) is 1.27. The van der Waals surface area contributed by atoms with Crippen LogP contribution in [-0.2, 0) is 10.0 Å². The quantitative estimate of drug-likeness (QED) is 0.336. The van der Waals surface area contributed by atoms with E-state index >= 15 is 0 Å². The molecule has 0 aromatic heterocycles. The van der Waals surface area contributed by atoms with Crippen molar-refractivity contribution >= 4 is 44.8 Å². The summed E-state index contributed by atoms with van der Waals surface area (Å²) in [7, 11) is -3.95. The van der Waals surface area contributed by atoms with Crippen LogP contribution in [0.4, 0.5) is 5.69 Å². The molecule has 2 unspecified atom stereocenters. The highest BCUT2D eigenvalue weighted by molar-refractivity contribution is 7.92. The fourth-order valence-corrected chi connectivity index (χ4v) is 6.75. The van der Waals surface area contributed by atoms with E-state index < -0.39 is 10.0 Å². The number of hydrogen-bond donors (Lipinski definition) is 2. The minimum Gasteiger partial charge on any atom is -0.455 e. The van der Waals surface area contributed by atoms with Crippen LogP contribution in [-0.4, -0.2) is 69.4 Å². The van der Waals surface area contributed by atoms with Gasteiger partial charge in [-0.05, 0) is 87.3 Å². The fraction of sp³-hybridized carbons (Fsp3) is 0.367. The second kappa shape index (κ2) is 13.0. The molecule has 41 heavy (non-hydrogen) atoms. The van der Waals surface area contributed by atoms with E-state index in [9.17, 15) is 13.2 Å². The number of carbonyl (C=O) groups excluding carboxylic acids is 1. The zero-order valence-corrected chi connectivity index (χ0v) is 25.2. The standard InChI is InChI=1S/C30H34Cl2N4O4S/c1-21(23-5-4-14-33-20-23)35-15-17-36(18-16-35)30(37)22-8-11-25(12-9-22)41(38,39)34-28-6-2-3-7-29(28)40-24-10-13-26(31)27(32)19-24/h2-3,6-13,19,21,23,33-34H,4-5,14-18,20H2,1H3. The number of halogens is 2. The second-order valence-corrected chi connectivity index (χ2v) is 13.0. The summed E-state index contributed by atoms with van der Waals surface area (Å²) in [6.45, 7) is 7.43. The zero-order valence-electron chi connectivity index (χ0n) is 22.9. The number of rotatable bonds is 8. The molecule has 0 aliphatic carbocycles. The van der Waals surface area contributed by atoms with Gasteiger partial charge in [-0.15, -0.1) is 0 Å². The van der Waals surface area contributed by atoms with Crippen molar-refractivity contribution in [3.05, 3.63) is 82.3 Å². The maximum absolute atomic E-state index is 13.2. The van der Waals surface area contributed by atoms with Crippen molar-refractivity contribution in [1.29, 1.82) is 0 Å². The Balaban J connectivity index is 1.21. The molecule has 1 amide bonds. The van der Waals surface area contributed by atoms with Crippen molar-refractivity contribution in [2.45, 2.75) is 30.7 Å². The Morgan fingerprint density at radius 2 is 1.73 bits per heavy atom. The Morgan fingerprint density at radius 1 is 1.00 bits per heavy atom. The zero-order chi connectivity index (χ0) is 29.0. The van der Waals surface area contributed by atoms with Gasteiger partial charge in [0.2, 0.25) is 0 Å². The highest BCUT2D eigenvalue weighted by atomic mass is 35.5. The molecule has 0 saturated carbocycles. The number of piperazine rings is 1. The maximum atomic E-state index is 13.2. The molecule has 218 valence electrons. The number of benzene rings is 3. The van der Waals surface area contributed by atoms with Crippen molar-refractivity contribution in [2.75, 3.05) is 44.0 Å². The van der Waals surface area contributed by atoms with E-state index in [0.717, 1.165) is 26.2 Å². The first-order valence-corrected chi connectivity index (χ1v) is 16.0. The number of carbonyl (C=O) groups is 1. The lowest BCUT2D eigenvalue weighted by Gasteiger charge is -2.42. The number of nitrogens with zero attached hydrogens (tertiary/aromatic N) is 2. The van der Waals surface area contributed by atoms with Gasteiger partial charge in [-0.1, -0.05) is 35.3 Å². The lowest BCUT2D eigenvalue weighted by molar-refractivity contribution is 0.0494. The molecule has 11 heteroatoms. The van der Waals surface area contributed by atoms with Crippen molar-refractivity contribution in [3.63, 3.8) is 0 Å². The number of sulfonamides is 1. The van der Waals surface area contributed by atoms with Gasteiger partial charge in [0.15, 0.2) is 5.75 Å². The molecule has 2 heterocycles. The molecule has 3 aromatic carbocycles. The van der Waals surface area contributed by atoms with Gasteiger partial charge in [0.05, 0.1) is 20.6 Å². The van der Waals surface area contributed by atoms with Crippen molar-refractivity contribution in [3.8, 4) is 11.5 Å². The molecule has 5 rings (SSSR count). The number of piperidine rings is 1. The average molecular weight is 618 g/mol. The molecule has 2 aliphatic heterocycles. The predicted octanol–water partition coefficient (Wildman–Crippen LogP) is 5.73. The number of amides is 1. The van der Waals surface area contributed by atoms with Crippen LogP contribution in [0, 0.1) is 5.92 Å². The van der Waals surface area contributed by atoms with Crippen LogP contribution >= 0.6 is 23.2 Å². The molecule has 2 aliphatic rings. The lowest BCUT2D eigenvalue weighted by Crippen LogP contribution is -2.54. The normalized spacial score (nSPS) is 19.0. The summed E-state index contributed by atoms with van der Waals surface area (Å²) in [6.07, 6.45) is 2.46. The topological polar surface area (TPSA) is 91.0 Å². The first-order valence-electron chi connectivity index (χ1n) is 13.8. The molecule has 2 atom stereocenters. The molecule has 8 nitrogen and oxygen atoms in total. The molecule has 3 aromatic rings. The van der Waals surface area contributed by atoms with Crippen LogP contribution in [0.5, 0.6) is 11.5 Å². The van der Waals surface area contributed by atoms with Crippen LogP contribution in [0.1, 0.15) is 30.1 Å². The largest absolute Gasteiger partial charge is 0.455 e. The highest BCUT2D eigenvalue weighted by Gasteiger charge is 2.29. The van der Waals surface area contributed by atoms with E-state index in [1.54, 1.807) is 54.6 Å². The van der Waals surface area contributed by atoms with Gasteiger partial charge >= 0.3 is 0 Å². The summed E-state index contributed by atoms with van der Waals surface area (Å²) in [4.78, 5) is 17.6. The number of anilines is 1. The van der Waals surface area contributed by atoms with Crippen LogP contribution in [0.15, 0.2) is 71.6 Å². The van der Waals surface area contributed by atoms with E-state index in [-0.39, 0.29) is 16.5 Å². The van der Waals surface area contributed by atoms with Crippen LogP contribution in [0.2, 0.25) is 10.0 Å². The van der Waals surface area contributed by atoms with Crippen LogP contribution < -0.4 is 14.8 Å². The third kappa shape index (κ3) is 7.16. The molecule has 2 N–H and O–H groups in total. The van der Waals surface area contributed by atoms with Crippen LogP contribution in [0.3, 0.4) is 0 Å². The van der Waals surface area contributed by atoms with Gasteiger partial charge in [-0.3, -0.25) is 14.4 Å². The summed E-state index contributed by atoms with van der Waals surface area (Å²) >= 11 is 12.1. The van der Waals surface area contributed by atoms with Gasteiger partial charge in [-0.2, -0.15) is 0 Å². The smallest absolute Gasteiger partial charge is 0.262 e. The molecule has 0 bridgehead atoms. The monoisotopic (exact) mass is 616 g/mol. The first-order chi connectivity index (χ1) is 19.7. The molecular formula is C30H34Cl2N4O4S. The van der Waals surface area contributed by atoms with Gasteiger partial charge in [-0.25, -0.2) is 8.42 Å². The molecule has 2 saturated heterocycles. The third-order valence-electron chi connectivity index (χ3n) is 7.86. The van der Waals surface area contributed by atoms with Crippen molar-refractivity contribution in [1.82, 2.24) is 15.1 Å². The van der Waals surface area contributed by atoms with Crippen molar-refractivity contribution < 1.29 is 17.9 Å². The minimum absolute atomic E-state index is 0.0399. The Kier molecular flexibility index (Phi) is 9.41. The van der Waals surface area contributed by atoms with E-state index in [2.05, 4.69) is 21.9 Å². The molecule has 2 fully saturated rings. The summed E-state index contributed by atoms with van der Waals surface area (Å²) < 4.78 is 34.9. The summed E-state index contributed by atoms with van der Waals surface area (Å²) in [6, 6.07) is 18.0. The Bertz CT molecular complexity index is 1470. The first kappa shape index (κ1) is 29.7. The lowest BCUT2D eigenvalue weighted by atomic mass is 9.91. The number of nitrogens with one attached hydrogen (secondary N) is 2. The van der Waals surface area contributed by atoms with Gasteiger partial charge in [0, 0.05) is 43.9 Å². The van der Waals surface area contributed by atoms with Crippen molar-refractivity contribution in [2.24, 2.45) is 5.92 Å². The Hall–Kier alpha value is -2.82. The van der Waals surface area contributed by atoms with E-state index in [1.165, 1.54) is 25.0 Å².